The summed E-state index contributed by atoms with van der Waals surface area (Å²) in [5.74, 6) is -1.18. The van der Waals surface area contributed by atoms with Crippen LogP contribution in [0, 0.1) is 5.82 Å². The van der Waals surface area contributed by atoms with Crippen molar-refractivity contribution in [2.75, 3.05) is 24.5 Å². The molecule has 0 saturated carbocycles. The van der Waals surface area contributed by atoms with Crippen LogP contribution in [0.15, 0.2) is 52.9 Å². The van der Waals surface area contributed by atoms with Gasteiger partial charge in [0.1, 0.15) is 17.2 Å². The molecule has 5 rings (SSSR count). The fraction of sp³-hybridized carbons (Fsp3) is 0.333. The van der Waals surface area contributed by atoms with E-state index in [1.165, 1.54) is 18.2 Å². The maximum atomic E-state index is 14.2. The van der Waals surface area contributed by atoms with Gasteiger partial charge in [-0.1, -0.05) is 44.5 Å². The topological polar surface area (TPSA) is 99.8 Å². The van der Waals surface area contributed by atoms with Gasteiger partial charge in [-0.3, -0.25) is 4.79 Å². The van der Waals surface area contributed by atoms with Crippen molar-refractivity contribution in [3.63, 3.8) is 0 Å². The van der Waals surface area contributed by atoms with E-state index in [0.29, 0.717) is 47.8 Å². The van der Waals surface area contributed by atoms with Gasteiger partial charge in [-0.2, -0.15) is 0 Å². The van der Waals surface area contributed by atoms with Crippen molar-refractivity contribution in [3.8, 4) is 11.3 Å². The number of hydrogen-bond acceptors (Lipinski definition) is 6. The number of nitrogens with zero attached hydrogens (tertiary/aromatic N) is 4. The van der Waals surface area contributed by atoms with Gasteiger partial charge >= 0.3 is 5.97 Å². The van der Waals surface area contributed by atoms with Gasteiger partial charge in [-0.05, 0) is 49.6 Å². The van der Waals surface area contributed by atoms with Crippen LogP contribution >= 0.6 is 11.6 Å². The maximum Gasteiger partial charge on any atom is 0.354 e. The van der Waals surface area contributed by atoms with Gasteiger partial charge in [-0.25, -0.2) is 19.2 Å². The molecule has 8 nitrogen and oxygen atoms in total. The number of carboxylic acids is 1. The van der Waals surface area contributed by atoms with Gasteiger partial charge in [0.05, 0.1) is 16.3 Å². The standard InChI is InChI=1S/C30H30ClFN4O4/c1-29(2,3)18-14-22(17-9-10-19(31)20(32)13-17)33-23-15-24(40-26(18)23)27(37)36-12-11-35(16-30(36,4)5)25-8-6-7-21(34-25)28(38)39/h6-10,13-15H,11-12,16H2,1-5H3,(H,38,39). The molecule has 1 aliphatic heterocycles. The Hall–Kier alpha value is -3.98. The summed E-state index contributed by atoms with van der Waals surface area (Å²) in [4.78, 5) is 37.9. The first-order valence-corrected chi connectivity index (χ1v) is 13.3. The van der Waals surface area contributed by atoms with Gasteiger partial charge in [0.15, 0.2) is 17.0 Å². The predicted octanol–water partition coefficient (Wildman–Crippen LogP) is 6.42. The molecule has 1 aliphatic rings. The second-order valence-electron chi connectivity index (χ2n) is 11.6. The molecule has 0 spiro atoms. The van der Waals surface area contributed by atoms with Crippen molar-refractivity contribution in [2.24, 2.45) is 0 Å². The van der Waals surface area contributed by atoms with Crippen molar-refractivity contribution in [2.45, 2.75) is 45.6 Å². The average Bonchev–Trinajstić information content (AvgIpc) is 3.32. The van der Waals surface area contributed by atoms with Crippen molar-refractivity contribution >= 4 is 40.4 Å². The Labute approximate surface area is 236 Å². The Kier molecular flexibility index (Phi) is 6.82. The highest BCUT2D eigenvalue weighted by Gasteiger charge is 2.39. The summed E-state index contributed by atoms with van der Waals surface area (Å²) in [5.41, 5.74) is 2.00. The molecular weight excluding hydrogens is 535 g/mol. The Morgan fingerprint density at radius 2 is 1.82 bits per heavy atom. The lowest BCUT2D eigenvalue weighted by atomic mass is 9.86. The summed E-state index contributed by atoms with van der Waals surface area (Å²) in [7, 11) is 0. The van der Waals surface area contributed by atoms with E-state index < -0.39 is 17.3 Å². The number of halogens is 2. The zero-order valence-electron chi connectivity index (χ0n) is 23.0. The minimum absolute atomic E-state index is 0.0288. The van der Waals surface area contributed by atoms with Crippen LogP contribution in [0.3, 0.4) is 0 Å². The van der Waals surface area contributed by atoms with E-state index >= 15 is 0 Å². The lowest BCUT2D eigenvalue weighted by Crippen LogP contribution is -2.61. The number of aromatic nitrogens is 2. The van der Waals surface area contributed by atoms with Gasteiger partial charge in [0, 0.05) is 36.8 Å². The number of pyridine rings is 2. The summed E-state index contributed by atoms with van der Waals surface area (Å²) < 4.78 is 20.4. The molecule has 1 N–H and O–H groups in total. The van der Waals surface area contributed by atoms with E-state index in [4.69, 9.17) is 21.0 Å². The molecule has 1 fully saturated rings. The molecule has 3 aromatic heterocycles. The molecule has 0 bridgehead atoms. The molecule has 40 heavy (non-hydrogen) atoms. The molecule has 10 heteroatoms. The monoisotopic (exact) mass is 564 g/mol. The highest BCUT2D eigenvalue weighted by Crippen LogP contribution is 2.36. The summed E-state index contributed by atoms with van der Waals surface area (Å²) in [5, 5.41) is 9.35. The van der Waals surface area contributed by atoms with Gasteiger partial charge in [0.25, 0.3) is 5.91 Å². The fourth-order valence-electron chi connectivity index (χ4n) is 5.07. The van der Waals surface area contributed by atoms with E-state index in [1.54, 1.807) is 29.2 Å². The molecule has 0 atom stereocenters. The van der Waals surface area contributed by atoms with Crippen LogP contribution in [0.4, 0.5) is 10.2 Å². The molecule has 0 unspecified atom stereocenters. The number of aromatic carboxylic acids is 1. The number of furan rings is 1. The van der Waals surface area contributed by atoms with Gasteiger partial charge in [-0.15, -0.1) is 0 Å². The predicted molar refractivity (Wildman–Crippen MR) is 152 cm³/mol. The maximum absolute atomic E-state index is 14.2. The van der Waals surface area contributed by atoms with E-state index in [2.05, 4.69) is 4.98 Å². The lowest BCUT2D eigenvalue weighted by molar-refractivity contribution is 0.0483. The number of carbonyl (C=O) groups is 2. The second-order valence-corrected chi connectivity index (χ2v) is 12.0. The highest BCUT2D eigenvalue weighted by atomic mass is 35.5. The minimum Gasteiger partial charge on any atom is -0.477 e. The third-order valence-electron chi connectivity index (χ3n) is 7.14. The SMILES string of the molecule is CC(C)(C)c1cc(-c2ccc(Cl)c(F)c2)nc2cc(C(=O)N3CCN(c4cccc(C(=O)O)n4)CC3(C)C)oc12. The summed E-state index contributed by atoms with van der Waals surface area (Å²) in [6.07, 6.45) is 0. The first kappa shape index (κ1) is 27.6. The highest BCUT2D eigenvalue weighted by molar-refractivity contribution is 6.30. The molecular formula is C30H30ClFN4O4. The van der Waals surface area contributed by atoms with E-state index in [0.717, 1.165) is 5.56 Å². The third kappa shape index (κ3) is 5.13. The number of benzene rings is 1. The van der Waals surface area contributed by atoms with Crippen LogP contribution in [0.5, 0.6) is 0 Å². The summed E-state index contributed by atoms with van der Waals surface area (Å²) in [6, 6.07) is 12.9. The Balaban J connectivity index is 1.48. The molecule has 4 heterocycles. The summed E-state index contributed by atoms with van der Waals surface area (Å²) in [6.45, 7) is 11.3. The number of carbonyl (C=O) groups excluding carboxylic acids is 1. The van der Waals surface area contributed by atoms with Crippen LogP contribution in [-0.4, -0.2) is 57.0 Å². The quantitative estimate of drug-likeness (QED) is 0.305. The van der Waals surface area contributed by atoms with E-state index in [9.17, 15) is 19.1 Å². The summed E-state index contributed by atoms with van der Waals surface area (Å²) >= 11 is 5.88. The first-order valence-electron chi connectivity index (χ1n) is 12.9. The molecule has 1 aromatic carbocycles. The fourth-order valence-corrected chi connectivity index (χ4v) is 5.18. The first-order chi connectivity index (χ1) is 18.7. The van der Waals surface area contributed by atoms with Crippen molar-refractivity contribution < 1.29 is 23.5 Å². The molecule has 4 aromatic rings. The van der Waals surface area contributed by atoms with Crippen LogP contribution in [0.2, 0.25) is 5.02 Å². The molecule has 0 radical (unpaired) electrons. The number of anilines is 1. The molecule has 0 aliphatic carbocycles. The van der Waals surface area contributed by atoms with Crippen molar-refractivity contribution in [3.05, 3.63) is 76.4 Å². The molecule has 1 amide bonds. The van der Waals surface area contributed by atoms with Gasteiger partial charge < -0.3 is 19.3 Å². The van der Waals surface area contributed by atoms with Crippen LogP contribution in [-0.2, 0) is 5.41 Å². The second kappa shape index (κ2) is 9.89. The molecule has 1 saturated heterocycles. The molecule has 208 valence electrons. The zero-order chi connectivity index (χ0) is 29.0. The Morgan fingerprint density at radius 1 is 1.07 bits per heavy atom. The number of rotatable bonds is 4. The van der Waals surface area contributed by atoms with Crippen molar-refractivity contribution in [1.29, 1.82) is 0 Å². The zero-order valence-corrected chi connectivity index (χ0v) is 23.7. The average molecular weight is 565 g/mol. The van der Waals surface area contributed by atoms with Crippen LogP contribution in [0.1, 0.15) is 61.2 Å². The van der Waals surface area contributed by atoms with E-state index in [-0.39, 0.29) is 27.8 Å². The number of fused-ring (bicyclic) bond motifs is 1. The minimum atomic E-state index is -1.09. The third-order valence-corrected chi connectivity index (χ3v) is 7.44. The largest absolute Gasteiger partial charge is 0.477 e. The smallest absolute Gasteiger partial charge is 0.354 e. The number of piperazine rings is 1. The number of amides is 1. The normalized spacial score (nSPS) is 15.5. The van der Waals surface area contributed by atoms with Gasteiger partial charge in [0.2, 0.25) is 0 Å². The Bertz CT molecular complexity index is 1640. The number of hydrogen-bond donors (Lipinski definition) is 1. The van der Waals surface area contributed by atoms with Crippen LogP contribution in [0.25, 0.3) is 22.4 Å². The van der Waals surface area contributed by atoms with Crippen LogP contribution < -0.4 is 4.90 Å². The number of carboxylic acid groups (broad SMARTS) is 1. The van der Waals surface area contributed by atoms with E-state index in [1.807, 2.05) is 45.6 Å². The Morgan fingerprint density at radius 3 is 2.48 bits per heavy atom. The lowest BCUT2D eigenvalue weighted by Gasteiger charge is -2.47. The van der Waals surface area contributed by atoms with Crippen molar-refractivity contribution in [1.82, 2.24) is 14.9 Å².